The smallest absolute Gasteiger partial charge is 0.204 e. The van der Waals surface area contributed by atoms with Crippen molar-refractivity contribution >= 4 is 10.9 Å². The molecule has 0 aliphatic rings. The SMILES string of the molecule is O.c1cc2ccc(-c3nn[nH]n3)cc2[nH]1. The predicted molar refractivity (Wildman–Crippen MR) is 55.1 cm³/mol. The second-order valence-electron chi connectivity index (χ2n) is 3.02. The maximum atomic E-state index is 3.92. The quantitative estimate of drug-likeness (QED) is 0.602. The molecular weight excluding hydrogens is 194 g/mol. The summed E-state index contributed by atoms with van der Waals surface area (Å²) in [4.78, 5) is 3.14. The molecule has 0 fully saturated rings. The van der Waals surface area contributed by atoms with E-state index < -0.39 is 0 Å². The number of aromatic nitrogens is 5. The maximum absolute atomic E-state index is 3.92. The summed E-state index contributed by atoms with van der Waals surface area (Å²) in [6.45, 7) is 0. The average molecular weight is 203 g/mol. The molecule has 2 aromatic heterocycles. The number of aromatic amines is 2. The van der Waals surface area contributed by atoms with E-state index in [4.69, 9.17) is 0 Å². The number of hydrogen-bond donors (Lipinski definition) is 2. The fraction of sp³-hybridized carbons (Fsp3) is 0. The third-order valence-electron chi connectivity index (χ3n) is 2.16. The van der Waals surface area contributed by atoms with Crippen LogP contribution in [-0.4, -0.2) is 31.1 Å². The number of hydrogen-bond acceptors (Lipinski definition) is 3. The van der Waals surface area contributed by atoms with Gasteiger partial charge in [-0.1, -0.05) is 12.1 Å². The van der Waals surface area contributed by atoms with Crippen molar-refractivity contribution in [3.05, 3.63) is 30.5 Å². The molecule has 6 nitrogen and oxygen atoms in total. The van der Waals surface area contributed by atoms with E-state index in [1.54, 1.807) is 0 Å². The molecule has 76 valence electrons. The first-order valence-electron chi connectivity index (χ1n) is 4.24. The minimum absolute atomic E-state index is 0. The Balaban J connectivity index is 0.000000853. The summed E-state index contributed by atoms with van der Waals surface area (Å²) < 4.78 is 0. The van der Waals surface area contributed by atoms with Crippen molar-refractivity contribution in [3.63, 3.8) is 0 Å². The van der Waals surface area contributed by atoms with E-state index in [0.717, 1.165) is 11.1 Å². The standard InChI is InChI=1S/C9H7N5.H2O/c1-2-7(9-11-13-14-12-9)5-8-6(1)3-4-10-8;/h1-5,10H,(H,11,12,13,14);1H2. The van der Waals surface area contributed by atoms with E-state index in [2.05, 4.69) is 25.6 Å². The highest BCUT2D eigenvalue weighted by molar-refractivity contribution is 5.83. The highest BCUT2D eigenvalue weighted by atomic mass is 16.0. The number of tetrazole rings is 1. The van der Waals surface area contributed by atoms with Gasteiger partial charge in [-0.25, -0.2) is 0 Å². The van der Waals surface area contributed by atoms with Gasteiger partial charge in [0.1, 0.15) is 0 Å². The Bertz CT molecular complexity index is 557. The Labute approximate surface area is 84.6 Å². The molecule has 2 heterocycles. The van der Waals surface area contributed by atoms with E-state index >= 15 is 0 Å². The van der Waals surface area contributed by atoms with E-state index in [0.29, 0.717) is 5.82 Å². The topological polar surface area (TPSA) is 102 Å². The monoisotopic (exact) mass is 203 g/mol. The predicted octanol–water partition coefficient (Wildman–Crippen LogP) is 0.523. The van der Waals surface area contributed by atoms with Crippen molar-refractivity contribution < 1.29 is 5.48 Å². The molecule has 0 unspecified atom stereocenters. The number of fused-ring (bicyclic) bond motifs is 1. The lowest BCUT2D eigenvalue weighted by molar-refractivity contribution is 0.824. The van der Waals surface area contributed by atoms with Crippen LogP contribution >= 0.6 is 0 Å². The van der Waals surface area contributed by atoms with Gasteiger partial charge in [0.25, 0.3) is 0 Å². The van der Waals surface area contributed by atoms with Crippen LogP contribution in [-0.2, 0) is 0 Å². The van der Waals surface area contributed by atoms with Crippen molar-refractivity contribution in [2.45, 2.75) is 0 Å². The molecule has 0 atom stereocenters. The van der Waals surface area contributed by atoms with Crippen LogP contribution in [0, 0.1) is 0 Å². The lowest BCUT2D eigenvalue weighted by Crippen LogP contribution is -1.80. The Morgan fingerprint density at radius 1 is 1.13 bits per heavy atom. The molecule has 3 rings (SSSR count). The number of rotatable bonds is 1. The van der Waals surface area contributed by atoms with Crippen molar-refractivity contribution in [2.24, 2.45) is 0 Å². The number of benzene rings is 1. The van der Waals surface area contributed by atoms with Gasteiger partial charge in [0.15, 0.2) is 0 Å². The van der Waals surface area contributed by atoms with Crippen LogP contribution in [0.2, 0.25) is 0 Å². The Morgan fingerprint density at radius 2 is 2.07 bits per heavy atom. The first-order chi connectivity index (χ1) is 6.93. The van der Waals surface area contributed by atoms with Crippen LogP contribution in [0.15, 0.2) is 30.5 Å². The van der Waals surface area contributed by atoms with E-state index in [1.807, 2.05) is 30.5 Å². The summed E-state index contributed by atoms with van der Waals surface area (Å²) in [5.74, 6) is 0.612. The fourth-order valence-electron chi connectivity index (χ4n) is 1.47. The second kappa shape index (κ2) is 3.50. The molecule has 1 aromatic carbocycles. The zero-order valence-corrected chi connectivity index (χ0v) is 7.73. The zero-order chi connectivity index (χ0) is 9.38. The van der Waals surface area contributed by atoms with E-state index in [9.17, 15) is 0 Å². The first kappa shape index (κ1) is 9.35. The molecule has 0 aliphatic carbocycles. The van der Waals surface area contributed by atoms with Gasteiger partial charge in [-0.2, -0.15) is 5.21 Å². The summed E-state index contributed by atoms with van der Waals surface area (Å²) in [5.41, 5.74) is 2.03. The molecule has 4 N–H and O–H groups in total. The van der Waals surface area contributed by atoms with Crippen molar-refractivity contribution in [1.82, 2.24) is 25.6 Å². The minimum Gasteiger partial charge on any atom is -0.412 e. The molecular formula is C9H9N5O. The maximum Gasteiger partial charge on any atom is 0.204 e. The van der Waals surface area contributed by atoms with Crippen LogP contribution in [0.3, 0.4) is 0 Å². The summed E-state index contributed by atoms with van der Waals surface area (Å²) >= 11 is 0. The number of nitrogens with zero attached hydrogens (tertiary/aromatic N) is 3. The molecule has 15 heavy (non-hydrogen) atoms. The highest BCUT2D eigenvalue weighted by Gasteiger charge is 2.03. The summed E-state index contributed by atoms with van der Waals surface area (Å²) in [7, 11) is 0. The van der Waals surface area contributed by atoms with Crippen LogP contribution < -0.4 is 0 Å². The molecule has 3 aromatic rings. The minimum atomic E-state index is 0. The molecule has 0 aliphatic heterocycles. The average Bonchev–Trinajstić information content (AvgIpc) is 2.88. The fourth-order valence-corrected chi connectivity index (χ4v) is 1.47. The van der Waals surface area contributed by atoms with Crippen LogP contribution in [0.5, 0.6) is 0 Å². The molecule has 0 spiro atoms. The molecule has 0 saturated heterocycles. The van der Waals surface area contributed by atoms with Crippen molar-refractivity contribution in [2.75, 3.05) is 0 Å². The Kier molecular flexibility index (Phi) is 2.18. The molecule has 6 heteroatoms. The third kappa shape index (κ3) is 1.46. The van der Waals surface area contributed by atoms with Gasteiger partial charge < -0.3 is 10.5 Å². The van der Waals surface area contributed by atoms with Gasteiger partial charge >= 0.3 is 0 Å². The Hall–Kier alpha value is -2.21. The normalized spacial score (nSPS) is 10.1. The third-order valence-corrected chi connectivity index (χ3v) is 2.16. The van der Waals surface area contributed by atoms with Gasteiger partial charge in [-0.3, -0.25) is 0 Å². The molecule has 0 amide bonds. The van der Waals surface area contributed by atoms with E-state index in [1.165, 1.54) is 5.39 Å². The second-order valence-corrected chi connectivity index (χ2v) is 3.02. The van der Waals surface area contributed by atoms with Crippen molar-refractivity contribution in [1.29, 1.82) is 0 Å². The summed E-state index contributed by atoms with van der Waals surface area (Å²) in [6.07, 6.45) is 1.91. The van der Waals surface area contributed by atoms with Crippen LogP contribution in [0.4, 0.5) is 0 Å². The van der Waals surface area contributed by atoms with Gasteiger partial charge in [0, 0.05) is 17.3 Å². The first-order valence-corrected chi connectivity index (χ1v) is 4.24. The Morgan fingerprint density at radius 3 is 2.87 bits per heavy atom. The van der Waals surface area contributed by atoms with Gasteiger partial charge in [0.2, 0.25) is 5.82 Å². The van der Waals surface area contributed by atoms with Gasteiger partial charge in [0.05, 0.1) is 0 Å². The molecule has 0 saturated carbocycles. The zero-order valence-electron chi connectivity index (χ0n) is 7.73. The summed E-state index contributed by atoms with van der Waals surface area (Å²) in [5, 5.41) is 15.0. The highest BCUT2D eigenvalue weighted by Crippen LogP contribution is 2.19. The lowest BCUT2D eigenvalue weighted by atomic mass is 10.1. The van der Waals surface area contributed by atoms with Gasteiger partial charge in [-0.15, -0.1) is 10.2 Å². The molecule has 0 radical (unpaired) electrons. The summed E-state index contributed by atoms with van der Waals surface area (Å²) in [6, 6.07) is 8.02. The number of nitrogens with one attached hydrogen (secondary N) is 2. The number of H-pyrrole nitrogens is 2. The van der Waals surface area contributed by atoms with Crippen LogP contribution in [0.25, 0.3) is 22.3 Å². The largest absolute Gasteiger partial charge is 0.412 e. The van der Waals surface area contributed by atoms with Crippen LogP contribution in [0.1, 0.15) is 0 Å². The van der Waals surface area contributed by atoms with Crippen molar-refractivity contribution in [3.8, 4) is 11.4 Å². The lowest BCUT2D eigenvalue weighted by Gasteiger charge is -1.94. The van der Waals surface area contributed by atoms with E-state index in [-0.39, 0.29) is 5.48 Å². The van der Waals surface area contributed by atoms with Gasteiger partial charge in [-0.05, 0) is 22.7 Å². The molecule has 0 bridgehead atoms.